The number of carbonyl (C=O) groups is 1. The van der Waals surface area contributed by atoms with Gasteiger partial charge < -0.3 is 4.98 Å². The normalized spacial score (nSPS) is 10.8. The monoisotopic (exact) mass is 381 g/mol. The lowest BCUT2D eigenvalue weighted by atomic mass is 10.1. The number of carbonyl (C=O) groups excluding carboxylic acids is 1. The lowest BCUT2D eigenvalue weighted by Crippen LogP contribution is -1.84. The Morgan fingerprint density at radius 1 is 1.11 bits per heavy atom. The van der Waals surface area contributed by atoms with Crippen LogP contribution < -0.4 is 0 Å². The zero-order valence-electron chi connectivity index (χ0n) is 9.78. The summed E-state index contributed by atoms with van der Waals surface area (Å²) in [7, 11) is 0. The predicted octanol–water partition coefficient (Wildman–Crippen LogP) is 4.91. The van der Waals surface area contributed by atoms with Crippen LogP contribution in [0.3, 0.4) is 0 Å². The van der Waals surface area contributed by atoms with E-state index in [4.69, 9.17) is 11.6 Å². The lowest BCUT2D eigenvalue weighted by Gasteiger charge is -2.00. The fourth-order valence-electron chi connectivity index (χ4n) is 2.15. The van der Waals surface area contributed by atoms with E-state index in [9.17, 15) is 4.79 Å². The Morgan fingerprint density at radius 2 is 1.84 bits per heavy atom. The van der Waals surface area contributed by atoms with Gasteiger partial charge in [-0.1, -0.05) is 23.7 Å². The van der Waals surface area contributed by atoms with E-state index in [0.717, 1.165) is 32.0 Å². The van der Waals surface area contributed by atoms with Crippen molar-refractivity contribution < 1.29 is 4.79 Å². The van der Waals surface area contributed by atoms with Gasteiger partial charge in [-0.15, -0.1) is 0 Å². The van der Waals surface area contributed by atoms with Gasteiger partial charge in [-0.05, 0) is 58.5 Å². The van der Waals surface area contributed by atoms with Gasteiger partial charge in [-0.2, -0.15) is 0 Å². The second kappa shape index (κ2) is 4.98. The van der Waals surface area contributed by atoms with Crippen LogP contribution in [-0.2, 0) is 0 Å². The van der Waals surface area contributed by atoms with Crippen LogP contribution in [0.1, 0.15) is 10.4 Å². The molecule has 4 heteroatoms. The predicted molar refractivity (Wildman–Crippen MR) is 86.8 cm³/mol. The molecule has 0 unspecified atom stereocenters. The summed E-state index contributed by atoms with van der Waals surface area (Å²) in [5, 5.41) is 1.49. The van der Waals surface area contributed by atoms with E-state index in [-0.39, 0.29) is 0 Å². The Labute approximate surface area is 128 Å². The summed E-state index contributed by atoms with van der Waals surface area (Å²) < 4.78 is 1.16. The number of hydrogen-bond donors (Lipinski definition) is 1. The maximum atomic E-state index is 11.4. The van der Waals surface area contributed by atoms with Gasteiger partial charge in [0.2, 0.25) is 0 Å². The molecule has 0 spiro atoms. The first kappa shape index (κ1) is 12.7. The summed E-state index contributed by atoms with van der Waals surface area (Å²) in [6, 6.07) is 13.6. The molecule has 2 aromatic carbocycles. The van der Waals surface area contributed by atoms with Gasteiger partial charge in [0.1, 0.15) is 0 Å². The quantitative estimate of drug-likeness (QED) is 0.497. The average molecular weight is 382 g/mol. The highest BCUT2D eigenvalue weighted by Crippen LogP contribution is 2.31. The van der Waals surface area contributed by atoms with Crippen molar-refractivity contribution >= 4 is 51.4 Å². The molecule has 0 atom stereocenters. The molecule has 0 bridgehead atoms. The highest BCUT2D eigenvalue weighted by Gasteiger charge is 2.12. The molecule has 2 nitrogen and oxygen atoms in total. The summed E-state index contributed by atoms with van der Waals surface area (Å²) in [6.07, 6.45) is 0.877. The molecule has 0 saturated carbocycles. The molecule has 1 N–H and O–H groups in total. The van der Waals surface area contributed by atoms with E-state index >= 15 is 0 Å². The first-order valence-corrected chi connectivity index (χ1v) is 7.17. The Hall–Kier alpha value is -1.33. The Kier molecular flexibility index (Phi) is 3.33. The van der Waals surface area contributed by atoms with Crippen LogP contribution in [0.5, 0.6) is 0 Å². The number of hydrogen-bond acceptors (Lipinski definition) is 1. The number of aromatic nitrogens is 1. The van der Waals surface area contributed by atoms with E-state index in [1.165, 1.54) is 0 Å². The third kappa shape index (κ3) is 2.28. The van der Waals surface area contributed by atoms with E-state index in [2.05, 4.69) is 27.6 Å². The SMILES string of the molecule is O=Cc1c(-c2ccc(I)cc2)[nH]c2ccc(Cl)cc12. The van der Waals surface area contributed by atoms with E-state index < -0.39 is 0 Å². The van der Waals surface area contributed by atoms with E-state index in [1.807, 2.05) is 42.5 Å². The van der Waals surface area contributed by atoms with Crippen LogP contribution in [0.15, 0.2) is 42.5 Å². The topological polar surface area (TPSA) is 32.9 Å². The number of halogens is 2. The summed E-state index contributed by atoms with van der Waals surface area (Å²) in [5.41, 5.74) is 3.40. The van der Waals surface area contributed by atoms with Gasteiger partial charge in [-0.3, -0.25) is 4.79 Å². The maximum Gasteiger partial charge on any atom is 0.152 e. The van der Waals surface area contributed by atoms with Crippen molar-refractivity contribution in [1.29, 1.82) is 0 Å². The summed E-state index contributed by atoms with van der Waals surface area (Å²) in [6.45, 7) is 0. The highest BCUT2D eigenvalue weighted by molar-refractivity contribution is 14.1. The minimum absolute atomic E-state index is 0.628. The number of nitrogens with one attached hydrogen (secondary N) is 1. The molecular weight excluding hydrogens is 373 g/mol. The van der Waals surface area contributed by atoms with Gasteiger partial charge in [0.25, 0.3) is 0 Å². The van der Waals surface area contributed by atoms with Crippen LogP contribution in [-0.4, -0.2) is 11.3 Å². The molecule has 0 aliphatic carbocycles. The molecule has 94 valence electrons. The van der Waals surface area contributed by atoms with Crippen molar-refractivity contribution in [2.24, 2.45) is 0 Å². The molecule has 0 saturated heterocycles. The number of benzene rings is 2. The van der Waals surface area contributed by atoms with Crippen LogP contribution in [0, 0.1) is 3.57 Å². The fourth-order valence-corrected chi connectivity index (χ4v) is 2.68. The van der Waals surface area contributed by atoms with E-state index in [1.54, 1.807) is 0 Å². The number of aldehydes is 1. The molecule has 1 heterocycles. The minimum Gasteiger partial charge on any atom is -0.354 e. The molecule has 0 aliphatic heterocycles. The number of aromatic amines is 1. The highest BCUT2D eigenvalue weighted by atomic mass is 127. The number of fused-ring (bicyclic) bond motifs is 1. The van der Waals surface area contributed by atoms with Crippen LogP contribution in [0.2, 0.25) is 5.02 Å². The third-order valence-corrected chi connectivity index (χ3v) is 4.01. The smallest absolute Gasteiger partial charge is 0.152 e. The van der Waals surface area contributed by atoms with Crippen molar-refractivity contribution in [2.75, 3.05) is 0 Å². The third-order valence-electron chi connectivity index (χ3n) is 3.05. The second-order valence-electron chi connectivity index (χ2n) is 4.23. The van der Waals surface area contributed by atoms with Crippen LogP contribution in [0.4, 0.5) is 0 Å². The Balaban J connectivity index is 2.28. The molecule has 3 aromatic rings. The number of rotatable bonds is 2. The second-order valence-corrected chi connectivity index (χ2v) is 5.91. The molecule has 19 heavy (non-hydrogen) atoms. The zero-order chi connectivity index (χ0) is 13.4. The lowest BCUT2D eigenvalue weighted by molar-refractivity contribution is 0.112. The van der Waals surface area contributed by atoms with Gasteiger partial charge in [0.05, 0.1) is 5.69 Å². The van der Waals surface area contributed by atoms with Crippen molar-refractivity contribution in [1.82, 2.24) is 4.98 Å². The van der Waals surface area contributed by atoms with Gasteiger partial charge in [-0.25, -0.2) is 0 Å². The van der Waals surface area contributed by atoms with Crippen molar-refractivity contribution in [3.63, 3.8) is 0 Å². The van der Waals surface area contributed by atoms with Crippen molar-refractivity contribution in [3.05, 3.63) is 56.6 Å². The van der Waals surface area contributed by atoms with Gasteiger partial charge in [0.15, 0.2) is 6.29 Å². The minimum atomic E-state index is 0.628. The molecule has 0 aliphatic rings. The van der Waals surface area contributed by atoms with Crippen molar-refractivity contribution in [2.45, 2.75) is 0 Å². The summed E-state index contributed by atoms with van der Waals surface area (Å²) in [4.78, 5) is 14.7. The van der Waals surface area contributed by atoms with Crippen LogP contribution in [0.25, 0.3) is 22.2 Å². The fraction of sp³-hybridized carbons (Fsp3) is 0. The largest absolute Gasteiger partial charge is 0.354 e. The average Bonchev–Trinajstić information content (AvgIpc) is 2.77. The maximum absolute atomic E-state index is 11.4. The first-order chi connectivity index (χ1) is 9.19. The molecule has 0 fully saturated rings. The number of H-pyrrole nitrogens is 1. The Morgan fingerprint density at radius 3 is 2.53 bits per heavy atom. The molecule has 0 radical (unpaired) electrons. The molecular formula is C15H9ClINO. The zero-order valence-corrected chi connectivity index (χ0v) is 12.7. The van der Waals surface area contributed by atoms with Crippen molar-refractivity contribution in [3.8, 4) is 11.3 Å². The van der Waals surface area contributed by atoms with Gasteiger partial charge in [0, 0.05) is 25.1 Å². The summed E-state index contributed by atoms with van der Waals surface area (Å²) in [5.74, 6) is 0. The standard InChI is InChI=1S/C15H9ClINO/c16-10-3-6-14-12(7-10)13(8-19)15(18-14)9-1-4-11(17)5-2-9/h1-8,18H. The van der Waals surface area contributed by atoms with E-state index in [0.29, 0.717) is 10.6 Å². The Bertz CT molecular complexity index is 762. The van der Waals surface area contributed by atoms with Crippen LogP contribution >= 0.6 is 34.2 Å². The molecule has 1 aromatic heterocycles. The molecule has 3 rings (SSSR count). The first-order valence-electron chi connectivity index (χ1n) is 5.71. The summed E-state index contributed by atoms with van der Waals surface area (Å²) >= 11 is 8.25. The molecule has 0 amide bonds. The van der Waals surface area contributed by atoms with Gasteiger partial charge >= 0.3 is 0 Å².